The van der Waals surface area contributed by atoms with Gasteiger partial charge in [-0.1, -0.05) is 24.3 Å². The van der Waals surface area contributed by atoms with E-state index in [1.807, 2.05) is 54.6 Å². The lowest BCUT2D eigenvalue weighted by Gasteiger charge is -2.18. The molecule has 0 saturated carbocycles. The van der Waals surface area contributed by atoms with Gasteiger partial charge in [-0.15, -0.1) is 0 Å². The Hall–Kier alpha value is -3.31. The predicted octanol–water partition coefficient (Wildman–Crippen LogP) is 1.20. The van der Waals surface area contributed by atoms with E-state index in [1.165, 1.54) is 0 Å². The third-order valence-corrected chi connectivity index (χ3v) is 6.41. The van der Waals surface area contributed by atoms with Gasteiger partial charge in [-0.2, -0.15) is 4.99 Å². The van der Waals surface area contributed by atoms with Crippen molar-refractivity contribution >= 4 is 35.8 Å². The molecule has 0 bridgehead atoms. The Bertz CT molecular complexity index is 930. The predicted molar refractivity (Wildman–Crippen MR) is 113 cm³/mol. The standard InChI is InChI=1S/C20H21N4O3P/c1-26-13-3-7-15(8-4-13)28(16-9-5-14(27-2)6-10-16)18-12-11-17(23-18)19(25)24-20(21)22/h3-12,23H,1-2H3,(H4,21,22,24,25). The molecule has 1 heterocycles. The van der Waals surface area contributed by atoms with Gasteiger partial charge in [-0.05, 0) is 47.0 Å². The van der Waals surface area contributed by atoms with E-state index in [9.17, 15) is 4.79 Å². The number of methoxy groups -OCH3 is 2. The summed E-state index contributed by atoms with van der Waals surface area (Å²) in [6, 6.07) is 19.3. The summed E-state index contributed by atoms with van der Waals surface area (Å²) in [5.74, 6) is 0.784. The number of ether oxygens (including phenoxy) is 2. The third kappa shape index (κ3) is 4.32. The first kappa shape index (κ1) is 19.5. The Morgan fingerprint density at radius 1 is 0.857 bits per heavy atom. The number of carbonyl (C=O) groups excluding carboxylic acids is 1. The van der Waals surface area contributed by atoms with Crippen molar-refractivity contribution in [3.8, 4) is 11.5 Å². The molecule has 0 unspecified atom stereocenters. The molecular formula is C20H21N4O3P. The van der Waals surface area contributed by atoms with Crippen molar-refractivity contribution in [2.45, 2.75) is 0 Å². The zero-order valence-electron chi connectivity index (χ0n) is 15.5. The quantitative estimate of drug-likeness (QED) is 0.329. The Morgan fingerprint density at radius 3 is 1.79 bits per heavy atom. The van der Waals surface area contributed by atoms with Crippen LogP contribution in [0, 0.1) is 0 Å². The van der Waals surface area contributed by atoms with Gasteiger partial charge in [-0.3, -0.25) is 4.79 Å². The molecule has 3 rings (SSSR count). The number of amides is 1. The summed E-state index contributed by atoms with van der Waals surface area (Å²) in [4.78, 5) is 18.9. The van der Waals surface area contributed by atoms with Crippen LogP contribution in [0.2, 0.25) is 0 Å². The average molecular weight is 396 g/mol. The number of aromatic amines is 1. The summed E-state index contributed by atoms with van der Waals surface area (Å²) in [5, 5.41) is 2.20. The third-order valence-electron chi connectivity index (χ3n) is 4.03. The largest absolute Gasteiger partial charge is 0.497 e. The van der Waals surface area contributed by atoms with Gasteiger partial charge < -0.3 is 25.9 Å². The maximum Gasteiger partial charge on any atom is 0.296 e. The molecule has 1 amide bonds. The van der Waals surface area contributed by atoms with Gasteiger partial charge >= 0.3 is 0 Å². The molecule has 0 aliphatic rings. The van der Waals surface area contributed by atoms with Crippen LogP contribution < -0.4 is 37.0 Å². The van der Waals surface area contributed by atoms with Crippen LogP contribution in [-0.4, -0.2) is 31.1 Å². The lowest BCUT2D eigenvalue weighted by Crippen LogP contribution is -2.24. The summed E-state index contributed by atoms with van der Waals surface area (Å²) < 4.78 is 10.5. The van der Waals surface area contributed by atoms with Gasteiger partial charge in [-0.25, -0.2) is 0 Å². The van der Waals surface area contributed by atoms with Crippen molar-refractivity contribution in [1.82, 2.24) is 4.98 Å². The topological polar surface area (TPSA) is 116 Å². The van der Waals surface area contributed by atoms with E-state index in [4.69, 9.17) is 20.9 Å². The highest BCUT2D eigenvalue weighted by Gasteiger charge is 2.20. The molecule has 2 aromatic carbocycles. The number of aromatic nitrogens is 1. The number of aliphatic imine (C=N–C) groups is 1. The number of nitrogens with one attached hydrogen (secondary N) is 1. The number of rotatable bonds is 6. The first-order valence-corrected chi connectivity index (χ1v) is 9.77. The van der Waals surface area contributed by atoms with Gasteiger partial charge in [0.15, 0.2) is 5.96 Å². The van der Waals surface area contributed by atoms with Crippen molar-refractivity contribution in [3.05, 3.63) is 66.4 Å². The van der Waals surface area contributed by atoms with Crippen molar-refractivity contribution < 1.29 is 14.3 Å². The van der Waals surface area contributed by atoms with Gasteiger partial charge in [0, 0.05) is 13.4 Å². The first-order chi connectivity index (χ1) is 13.5. The fourth-order valence-corrected chi connectivity index (χ4v) is 4.91. The Labute approximate surface area is 164 Å². The summed E-state index contributed by atoms with van der Waals surface area (Å²) >= 11 is 0. The van der Waals surface area contributed by atoms with E-state index < -0.39 is 13.8 Å². The second-order valence-electron chi connectivity index (χ2n) is 5.83. The molecule has 7 nitrogen and oxygen atoms in total. The number of guanidine groups is 1. The maximum absolute atomic E-state index is 12.1. The number of carbonyl (C=O) groups is 1. The normalized spacial score (nSPS) is 10.5. The molecule has 0 radical (unpaired) electrons. The molecule has 0 spiro atoms. The van der Waals surface area contributed by atoms with E-state index in [0.717, 1.165) is 27.5 Å². The minimum absolute atomic E-state index is 0.270. The number of nitrogens with two attached hydrogens (primary N) is 2. The molecular weight excluding hydrogens is 375 g/mol. The second-order valence-corrected chi connectivity index (χ2v) is 8.02. The summed E-state index contributed by atoms with van der Waals surface area (Å²) in [6.07, 6.45) is 0. The van der Waals surface area contributed by atoms with Crippen molar-refractivity contribution in [1.29, 1.82) is 0 Å². The van der Waals surface area contributed by atoms with Crippen molar-refractivity contribution in [2.24, 2.45) is 16.5 Å². The maximum atomic E-state index is 12.1. The highest BCUT2D eigenvalue weighted by Crippen LogP contribution is 2.33. The number of benzene rings is 2. The smallest absolute Gasteiger partial charge is 0.296 e. The van der Waals surface area contributed by atoms with Crippen LogP contribution in [0.4, 0.5) is 0 Å². The average Bonchev–Trinajstić information content (AvgIpc) is 3.19. The van der Waals surface area contributed by atoms with E-state index >= 15 is 0 Å². The molecule has 0 fully saturated rings. The molecule has 0 atom stereocenters. The van der Waals surface area contributed by atoms with Crippen LogP contribution >= 0.6 is 7.92 Å². The number of hydrogen-bond donors (Lipinski definition) is 3. The summed E-state index contributed by atoms with van der Waals surface area (Å²) in [5.41, 5.74) is 11.8. The van der Waals surface area contributed by atoms with Crippen LogP contribution in [-0.2, 0) is 0 Å². The fourth-order valence-electron chi connectivity index (χ4n) is 2.71. The number of nitrogens with zero attached hydrogens (tertiary/aromatic N) is 1. The lowest BCUT2D eigenvalue weighted by molar-refractivity contribution is 0.0998. The SMILES string of the molecule is COc1ccc(P(c2ccc(OC)cc2)c2ccc(C(=O)N=C(N)N)[nH]2)cc1. The van der Waals surface area contributed by atoms with Crippen molar-refractivity contribution in [2.75, 3.05) is 14.2 Å². The zero-order chi connectivity index (χ0) is 20.1. The zero-order valence-corrected chi connectivity index (χ0v) is 16.4. The molecule has 5 N–H and O–H groups in total. The minimum atomic E-state index is -0.935. The highest BCUT2D eigenvalue weighted by molar-refractivity contribution is 7.79. The molecule has 28 heavy (non-hydrogen) atoms. The molecule has 1 aromatic heterocycles. The summed E-state index contributed by atoms with van der Waals surface area (Å²) in [7, 11) is 2.33. The molecule has 0 aliphatic heterocycles. The van der Waals surface area contributed by atoms with E-state index in [1.54, 1.807) is 20.3 Å². The minimum Gasteiger partial charge on any atom is -0.497 e. The second kappa shape index (κ2) is 8.59. The monoisotopic (exact) mass is 396 g/mol. The number of H-pyrrole nitrogens is 1. The van der Waals surface area contributed by atoms with E-state index in [2.05, 4.69) is 9.98 Å². The highest BCUT2D eigenvalue weighted by atomic mass is 31.1. The molecule has 3 aromatic rings. The van der Waals surface area contributed by atoms with Gasteiger partial charge in [0.25, 0.3) is 5.91 Å². The fraction of sp³-hybridized carbons (Fsp3) is 0.100. The lowest BCUT2D eigenvalue weighted by atomic mass is 10.3. The van der Waals surface area contributed by atoms with E-state index in [-0.39, 0.29) is 5.96 Å². The first-order valence-electron chi connectivity index (χ1n) is 8.43. The van der Waals surface area contributed by atoms with Crippen LogP contribution in [0.25, 0.3) is 0 Å². The molecule has 144 valence electrons. The van der Waals surface area contributed by atoms with Crippen LogP contribution in [0.3, 0.4) is 0 Å². The van der Waals surface area contributed by atoms with E-state index in [0.29, 0.717) is 5.69 Å². The molecule has 0 aliphatic carbocycles. The van der Waals surface area contributed by atoms with Crippen molar-refractivity contribution in [3.63, 3.8) is 0 Å². The molecule has 8 heteroatoms. The Balaban J connectivity index is 2.04. The van der Waals surface area contributed by atoms with Crippen LogP contribution in [0.15, 0.2) is 65.7 Å². The van der Waals surface area contributed by atoms with Gasteiger partial charge in [0.2, 0.25) is 0 Å². The number of hydrogen-bond acceptors (Lipinski definition) is 3. The van der Waals surface area contributed by atoms with Gasteiger partial charge in [0.05, 0.1) is 14.2 Å². The van der Waals surface area contributed by atoms with Crippen LogP contribution in [0.5, 0.6) is 11.5 Å². The Morgan fingerprint density at radius 2 is 1.36 bits per heavy atom. The molecule has 0 saturated heterocycles. The summed E-state index contributed by atoms with van der Waals surface area (Å²) in [6.45, 7) is 0. The Kier molecular flexibility index (Phi) is 5.96. The van der Waals surface area contributed by atoms with Crippen LogP contribution in [0.1, 0.15) is 10.5 Å². The van der Waals surface area contributed by atoms with Gasteiger partial charge in [0.1, 0.15) is 17.2 Å².